The normalized spacial score (nSPS) is 17.4. The molecule has 366 valence electrons. The Balaban J connectivity index is 0.936. The maximum atomic E-state index is 15.0. The van der Waals surface area contributed by atoms with Crippen molar-refractivity contribution in [1.29, 1.82) is 0 Å². The second-order valence-corrected chi connectivity index (χ2v) is 18.0. The largest absolute Gasteiger partial charge is 0.487 e. The highest BCUT2D eigenvalue weighted by Crippen LogP contribution is 2.37. The van der Waals surface area contributed by atoms with E-state index in [4.69, 9.17) is 18.9 Å². The molecule has 4 N–H and O–H groups in total. The molecule has 3 atom stereocenters. The zero-order valence-corrected chi connectivity index (χ0v) is 39.4. The molecule has 2 saturated heterocycles. The van der Waals surface area contributed by atoms with Crippen LogP contribution in [0.15, 0.2) is 78.2 Å². The maximum absolute atomic E-state index is 15.0. The van der Waals surface area contributed by atoms with Gasteiger partial charge in [0, 0.05) is 43.0 Å². The minimum Gasteiger partial charge on any atom is -0.487 e. The minimum absolute atomic E-state index is 0.0282. The van der Waals surface area contributed by atoms with Crippen LogP contribution < -0.4 is 30.9 Å². The van der Waals surface area contributed by atoms with Crippen LogP contribution in [0.3, 0.4) is 0 Å². The highest BCUT2D eigenvalue weighted by atomic mass is 32.1. The number of benzene rings is 3. The Bertz CT molecular complexity index is 2210. The summed E-state index contributed by atoms with van der Waals surface area (Å²) < 4.78 is 51.9. The summed E-state index contributed by atoms with van der Waals surface area (Å²) in [6, 6.07) is 18.9. The van der Waals surface area contributed by atoms with Gasteiger partial charge < -0.3 is 50.0 Å². The summed E-state index contributed by atoms with van der Waals surface area (Å²) >= 11 is 1.42. The summed E-state index contributed by atoms with van der Waals surface area (Å²) in [5.74, 6) is -4.38. The van der Waals surface area contributed by atoms with Crippen LogP contribution in [0, 0.1) is 17.6 Å². The first kappa shape index (κ1) is 50.3. The summed E-state index contributed by atoms with van der Waals surface area (Å²) in [4.78, 5) is 64.3. The molecule has 4 amide bonds. The van der Waals surface area contributed by atoms with Gasteiger partial charge in [-0.1, -0.05) is 79.9 Å². The monoisotopic (exact) mass is 959 g/mol. The van der Waals surface area contributed by atoms with Gasteiger partial charge in [0.25, 0.3) is 0 Å². The van der Waals surface area contributed by atoms with Crippen LogP contribution in [0.2, 0.25) is 0 Å². The van der Waals surface area contributed by atoms with E-state index in [0.29, 0.717) is 56.9 Å². The number of likely N-dealkylation sites (N-methyl/N-ethyl adjacent to an activating group) is 1. The Morgan fingerprint density at radius 1 is 0.809 bits per heavy atom. The molecule has 1 aliphatic carbocycles. The Morgan fingerprint density at radius 2 is 1.49 bits per heavy atom. The number of ether oxygens (including phenoxy) is 4. The molecule has 7 rings (SSSR count). The summed E-state index contributed by atoms with van der Waals surface area (Å²) in [5, 5.41) is 14.4. The number of rotatable bonds is 23. The maximum Gasteiger partial charge on any atom is 0.246 e. The number of likely N-dealkylation sites (tertiary alicyclic amines) is 1. The molecule has 0 unspecified atom stereocenters. The number of anilines is 1. The molecule has 3 heterocycles. The first-order chi connectivity index (χ1) is 33.2. The lowest BCUT2D eigenvalue weighted by Gasteiger charge is -2.35. The molecule has 2 aliphatic heterocycles. The van der Waals surface area contributed by atoms with Crippen LogP contribution in [0.5, 0.6) is 5.75 Å². The zero-order chi connectivity index (χ0) is 47.7. The van der Waals surface area contributed by atoms with E-state index in [-0.39, 0.29) is 69.6 Å². The average molecular weight is 960 g/mol. The lowest BCUT2D eigenvalue weighted by molar-refractivity contribution is -0.143. The summed E-state index contributed by atoms with van der Waals surface area (Å²) in [6.45, 7) is 3.65. The van der Waals surface area contributed by atoms with E-state index in [2.05, 4.69) is 31.2 Å². The highest BCUT2D eigenvalue weighted by Gasteiger charge is 2.42. The number of hydrogen-bond acceptors (Lipinski definition) is 12. The van der Waals surface area contributed by atoms with Gasteiger partial charge in [-0.05, 0) is 61.9 Å². The smallest absolute Gasteiger partial charge is 0.246 e. The first-order valence-electron chi connectivity index (χ1n) is 23.7. The fourth-order valence-electron chi connectivity index (χ4n) is 9.21. The van der Waals surface area contributed by atoms with E-state index < -0.39 is 47.5 Å². The zero-order valence-electron chi connectivity index (χ0n) is 38.6. The number of carbonyl (C=O) groups is 4. The topological polar surface area (TPSA) is 173 Å². The van der Waals surface area contributed by atoms with E-state index in [1.54, 1.807) is 17.3 Å². The van der Waals surface area contributed by atoms with E-state index in [9.17, 15) is 23.6 Å². The predicted octanol–water partition coefficient (Wildman–Crippen LogP) is 5.05. The van der Waals surface area contributed by atoms with Crippen molar-refractivity contribution in [3.05, 3.63) is 101 Å². The van der Waals surface area contributed by atoms with Crippen molar-refractivity contribution in [3.8, 4) is 17.0 Å². The summed E-state index contributed by atoms with van der Waals surface area (Å²) in [6.07, 6.45) is 5.69. The average Bonchev–Trinajstić information content (AvgIpc) is 4.08. The number of nitrogens with one attached hydrogen (secondary N) is 4. The van der Waals surface area contributed by atoms with E-state index in [1.165, 1.54) is 17.4 Å². The van der Waals surface area contributed by atoms with Crippen molar-refractivity contribution in [3.63, 3.8) is 0 Å². The second-order valence-electron chi connectivity index (χ2n) is 17.2. The van der Waals surface area contributed by atoms with E-state index in [0.717, 1.165) is 54.4 Å². The van der Waals surface area contributed by atoms with Crippen molar-refractivity contribution in [2.75, 3.05) is 90.9 Å². The molecule has 18 heteroatoms. The van der Waals surface area contributed by atoms with Gasteiger partial charge in [0.2, 0.25) is 29.4 Å². The Labute approximate surface area is 400 Å². The minimum atomic E-state index is -1.10. The van der Waals surface area contributed by atoms with Crippen LogP contribution in [-0.2, 0) is 33.4 Å². The van der Waals surface area contributed by atoms with Crippen LogP contribution >= 0.6 is 11.3 Å². The van der Waals surface area contributed by atoms with Crippen molar-refractivity contribution in [2.24, 2.45) is 5.92 Å². The van der Waals surface area contributed by atoms with Crippen molar-refractivity contribution in [2.45, 2.75) is 69.0 Å². The number of amides is 4. The molecule has 3 fully saturated rings. The third kappa shape index (κ3) is 13.4. The Kier molecular flexibility index (Phi) is 19.0. The number of thiazole rings is 1. The van der Waals surface area contributed by atoms with E-state index >= 15 is 4.39 Å². The molecular weight excluding hydrogens is 897 g/mol. The lowest BCUT2D eigenvalue weighted by Crippen LogP contribution is -2.59. The Morgan fingerprint density at radius 3 is 2.18 bits per heavy atom. The quantitative estimate of drug-likeness (QED) is 0.0734. The van der Waals surface area contributed by atoms with Gasteiger partial charge in [-0.25, -0.2) is 9.37 Å². The third-order valence-electron chi connectivity index (χ3n) is 12.6. The lowest BCUT2D eigenvalue weighted by atomic mass is 9.83. The van der Waals surface area contributed by atoms with Gasteiger partial charge >= 0.3 is 0 Å². The highest BCUT2D eigenvalue weighted by molar-refractivity contribution is 7.14. The number of carbonyl (C=O) groups excluding carboxylic acids is 4. The molecule has 0 spiro atoms. The fraction of sp³-hybridized carbons (Fsp3) is 0.500. The summed E-state index contributed by atoms with van der Waals surface area (Å²) in [7, 11) is 1.68. The molecule has 15 nitrogen and oxygen atoms in total. The van der Waals surface area contributed by atoms with Crippen LogP contribution in [0.4, 0.5) is 13.9 Å². The molecule has 68 heavy (non-hydrogen) atoms. The number of morpholine rings is 1. The van der Waals surface area contributed by atoms with Crippen molar-refractivity contribution in [1.82, 2.24) is 31.2 Å². The first-order valence-corrected chi connectivity index (χ1v) is 24.6. The number of aromatic nitrogens is 1. The molecule has 1 saturated carbocycles. The molecular formula is C50H63F2N7O8S. The molecule has 3 aromatic carbocycles. The number of halogens is 2. The van der Waals surface area contributed by atoms with Gasteiger partial charge in [0.05, 0.1) is 51.9 Å². The molecule has 1 aromatic heterocycles. The van der Waals surface area contributed by atoms with Crippen LogP contribution in [0.1, 0.15) is 62.0 Å². The van der Waals surface area contributed by atoms with Crippen LogP contribution in [-0.4, -0.2) is 138 Å². The molecule has 0 bridgehead atoms. The molecule has 0 radical (unpaired) electrons. The SMILES string of the molecule is CNCC(=O)N[C@H](C(=O)N1CCC[C@H]1C(=O)N[C@H](C(=O)NCCOCCOCCOc1c(-c2csc(N3CCOCC3)n2)ccc(F)c1F)C(c1ccccc1)c1ccccc1)C1CCCCC1. The van der Waals surface area contributed by atoms with Gasteiger partial charge in [-0.15, -0.1) is 11.3 Å². The predicted molar refractivity (Wildman–Crippen MR) is 254 cm³/mol. The molecule has 4 aromatic rings. The number of hydrogen-bond donors (Lipinski definition) is 4. The van der Waals surface area contributed by atoms with Crippen molar-refractivity contribution >= 4 is 40.1 Å². The van der Waals surface area contributed by atoms with Crippen molar-refractivity contribution < 1.29 is 46.9 Å². The molecule has 3 aliphatic rings. The third-order valence-corrected chi connectivity index (χ3v) is 13.5. The standard InChI is InChI=1S/C50H63F2N7O8S/c1-53-32-41(60)56-44(36-16-9-4-10-17-36)49(63)59-22-11-18-40(59)47(61)57-45(42(34-12-5-2-6-13-34)35-14-7-3-8-15-35)48(62)54-21-25-64-28-29-66-30-31-67-46-37(19-20-38(51)43(46)52)39-33-68-50(55-39)58-23-26-65-27-24-58/h2-3,5-8,12-15,19-20,33,36,40,42,44-45,53H,4,9-11,16-18,21-32H2,1H3,(H,54,62)(H,56,60)(H,57,61)/t40-,44-,45-/m0/s1. The summed E-state index contributed by atoms with van der Waals surface area (Å²) in [5.41, 5.74) is 2.46. The second kappa shape index (κ2) is 25.7. The van der Waals surface area contributed by atoms with Gasteiger partial charge in [-0.3, -0.25) is 19.2 Å². The van der Waals surface area contributed by atoms with E-state index in [1.807, 2.05) is 60.7 Å². The van der Waals surface area contributed by atoms with Gasteiger partial charge in [0.1, 0.15) is 24.7 Å². The number of nitrogens with zero attached hydrogens (tertiary/aromatic N) is 3. The Hall–Kier alpha value is -5.53. The van der Waals surface area contributed by atoms with Gasteiger partial charge in [-0.2, -0.15) is 4.39 Å². The van der Waals surface area contributed by atoms with Crippen LogP contribution in [0.25, 0.3) is 11.3 Å². The fourth-order valence-corrected chi connectivity index (χ4v) is 10.1. The van der Waals surface area contributed by atoms with Gasteiger partial charge in [0.15, 0.2) is 16.7 Å².